The van der Waals surface area contributed by atoms with Crippen LogP contribution in [0.2, 0.25) is 0 Å². The molecule has 0 amide bonds. The summed E-state index contributed by atoms with van der Waals surface area (Å²) in [4.78, 5) is 18.4. The molecule has 0 aliphatic carbocycles. The van der Waals surface area contributed by atoms with E-state index in [1.165, 1.54) is 25.0 Å². The van der Waals surface area contributed by atoms with Crippen LogP contribution in [0.5, 0.6) is 5.75 Å². The molecule has 0 spiro atoms. The van der Waals surface area contributed by atoms with E-state index < -0.39 is 0 Å². The number of phenolic OH excluding ortho intramolecular Hbond substituents is 1. The van der Waals surface area contributed by atoms with Gasteiger partial charge in [0.1, 0.15) is 31.0 Å². The Labute approximate surface area is 229 Å². The van der Waals surface area contributed by atoms with Crippen LogP contribution >= 0.6 is 15.9 Å². The highest BCUT2D eigenvalue weighted by atomic mass is 79.9. The molecule has 3 heterocycles. The molecule has 37 heavy (non-hydrogen) atoms. The van der Waals surface area contributed by atoms with Gasteiger partial charge in [-0.05, 0) is 81.2 Å². The van der Waals surface area contributed by atoms with Crippen LogP contribution in [0.1, 0.15) is 45.2 Å². The predicted molar refractivity (Wildman–Crippen MR) is 155 cm³/mol. The molecule has 0 radical (unpaired) electrons. The van der Waals surface area contributed by atoms with Crippen LogP contribution in [0, 0.1) is 5.92 Å². The van der Waals surface area contributed by atoms with Gasteiger partial charge in [-0.2, -0.15) is 5.10 Å². The molecule has 1 aromatic carbocycles. The normalized spacial score (nSPS) is 18.2. The van der Waals surface area contributed by atoms with Crippen LogP contribution in [0.25, 0.3) is 5.82 Å². The van der Waals surface area contributed by atoms with Gasteiger partial charge in [-0.25, -0.2) is 4.68 Å². The first kappa shape index (κ1) is 31.9. The molecule has 2 atom stereocenters. The average Bonchev–Trinajstić information content (AvgIpc) is 3.29. The predicted octanol–water partition coefficient (Wildman–Crippen LogP) is 5.41. The number of nitrogens with one attached hydrogen (secondary N) is 2. The number of halogens is 1. The summed E-state index contributed by atoms with van der Waals surface area (Å²) in [5.41, 5.74) is 2.20. The van der Waals surface area contributed by atoms with Gasteiger partial charge in [-0.15, -0.1) is 0 Å². The molecule has 1 aromatic heterocycles. The van der Waals surface area contributed by atoms with Crippen LogP contribution in [-0.4, -0.2) is 60.0 Å². The first-order valence-corrected chi connectivity index (χ1v) is 12.9. The van der Waals surface area contributed by atoms with E-state index in [4.69, 9.17) is 9.59 Å². The molecule has 0 saturated carbocycles. The van der Waals surface area contributed by atoms with Crippen LogP contribution in [0.3, 0.4) is 0 Å². The Balaban J connectivity index is 0.000000535. The van der Waals surface area contributed by atoms with Gasteiger partial charge in [0.05, 0.1) is 16.7 Å². The summed E-state index contributed by atoms with van der Waals surface area (Å²) in [6.45, 7) is 13.4. The van der Waals surface area contributed by atoms with Gasteiger partial charge >= 0.3 is 0 Å². The minimum absolute atomic E-state index is 0.117. The number of likely N-dealkylation sites (tertiary alicyclic amines) is 1. The van der Waals surface area contributed by atoms with E-state index in [-0.39, 0.29) is 6.04 Å². The first-order valence-electron chi connectivity index (χ1n) is 12.2. The highest BCUT2D eigenvalue weighted by Crippen LogP contribution is 2.36. The Morgan fingerprint density at radius 2 is 1.97 bits per heavy atom. The van der Waals surface area contributed by atoms with Crippen molar-refractivity contribution in [3.8, 4) is 5.75 Å². The van der Waals surface area contributed by atoms with Gasteiger partial charge in [0.2, 0.25) is 0 Å². The lowest BCUT2D eigenvalue weighted by atomic mass is 9.98. The first-order chi connectivity index (χ1) is 17.9. The summed E-state index contributed by atoms with van der Waals surface area (Å²) in [5.74, 6) is 2.77. The Kier molecular flexibility index (Phi) is 14.9. The van der Waals surface area contributed by atoms with Crippen molar-refractivity contribution < 1.29 is 14.7 Å². The fourth-order valence-electron chi connectivity index (χ4n) is 4.09. The number of fused-ring (bicyclic) bond motifs is 1. The molecule has 4 rings (SSSR count). The molecule has 1 fully saturated rings. The molecule has 2 aliphatic heterocycles. The number of aromatic nitrogens is 2. The molecular weight excluding hydrogens is 534 g/mol. The summed E-state index contributed by atoms with van der Waals surface area (Å²) in [6.07, 6.45) is 12.5. The standard InChI is InChI=1S/C19H24BrN5O.C7H12.2CH2O/c1-24-8-4-5-13(12-24)10-21-18-9-16(14-6-2-3-7-17(14)26)23-19-15(20)11-22-25(18)19;1-4-5-6-7(2)3;2*1-2/h2-3,6-7,9,11,13,16,21,23,26H,4-5,8,10,12H2,1H3;4-6H,1-3H3;2*1H2/b;5-4-;;. The lowest BCUT2D eigenvalue weighted by molar-refractivity contribution is -0.0987. The van der Waals surface area contributed by atoms with Crippen molar-refractivity contribution in [2.75, 3.05) is 32.0 Å². The maximum absolute atomic E-state index is 10.3. The van der Waals surface area contributed by atoms with Gasteiger partial charge in [-0.3, -0.25) is 0 Å². The molecule has 2 aliphatic rings. The molecule has 3 N–H and O–H groups in total. The fourth-order valence-corrected chi connectivity index (χ4v) is 4.46. The quantitative estimate of drug-likeness (QED) is 0.411. The van der Waals surface area contributed by atoms with Gasteiger partial charge in [0, 0.05) is 18.7 Å². The van der Waals surface area contributed by atoms with E-state index in [0.717, 1.165) is 34.8 Å². The van der Waals surface area contributed by atoms with E-state index in [0.29, 0.717) is 11.7 Å². The highest BCUT2D eigenvalue weighted by Gasteiger charge is 2.25. The topological polar surface area (TPSA) is 99.5 Å². The molecule has 2 unspecified atom stereocenters. The molecule has 202 valence electrons. The minimum atomic E-state index is -0.117. The molecule has 9 heteroatoms. The third-order valence-corrected chi connectivity index (χ3v) is 6.34. The second kappa shape index (κ2) is 17.3. The number of allylic oxidation sites excluding steroid dienone is 4. The Bertz CT molecular complexity index is 1040. The highest BCUT2D eigenvalue weighted by molar-refractivity contribution is 9.10. The summed E-state index contributed by atoms with van der Waals surface area (Å²) >= 11 is 3.56. The fraction of sp³-hybridized carbons (Fsp3) is 0.393. The van der Waals surface area contributed by atoms with E-state index >= 15 is 0 Å². The molecule has 1 saturated heterocycles. The number of nitrogens with zero attached hydrogens (tertiary/aromatic N) is 3. The SMILES string of the molecule is C/C=C\C=C(C)C.C=O.C=O.CN1CCCC(CNC2=CC(c3ccccc3O)Nc3c(Br)cnn32)C1. The minimum Gasteiger partial charge on any atom is -0.508 e. The number of piperidine rings is 1. The number of carbonyl (C=O) groups excluding carboxylic acids is 2. The third kappa shape index (κ3) is 10.0. The zero-order valence-corrected chi connectivity index (χ0v) is 23.9. The number of hydrogen-bond donors (Lipinski definition) is 3. The van der Waals surface area contributed by atoms with E-state index in [1.54, 1.807) is 12.3 Å². The van der Waals surface area contributed by atoms with Gasteiger partial charge in [0.25, 0.3) is 0 Å². The Morgan fingerprint density at radius 1 is 1.27 bits per heavy atom. The average molecular weight is 575 g/mol. The van der Waals surface area contributed by atoms with Crippen molar-refractivity contribution in [3.05, 3.63) is 70.4 Å². The number of carbonyl (C=O) groups is 2. The summed E-state index contributed by atoms with van der Waals surface area (Å²) in [5, 5.41) is 21.8. The van der Waals surface area contributed by atoms with Crippen molar-refractivity contribution in [2.24, 2.45) is 5.92 Å². The second-order valence-electron chi connectivity index (χ2n) is 8.91. The van der Waals surface area contributed by atoms with Gasteiger partial charge in [-0.1, -0.05) is 42.0 Å². The smallest absolute Gasteiger partial charge is 0.146 e. The van der Waals surface area contributed by atoms with E-state index in [1.807, 2.05) is 55.5 Å². The van der Waals surface area contributed by atoms with Crippen molar-refractivity contribution >= 4 is 41.1 Å². The van der Waals surface area contributed by atoms with Crippen LogP contribution in [0.4, 0.5) is 5.82 Å². The van der Waals surface area contributed by atoms with E-state index in [9.17, 15) is 5.11 Å². The Morgan fingerprint density at radius 3 is 2.57 bits per heavy atom. The van der Waals surface area contributed by atoms with Crippen molar-refractivity contribution in [1.82, 2.24) is 20.0 Å². The lowest BCUT2D eigenvalue weighted by Gasteiger charge is -2.31. The lowest BCUT2D eigenvalue weighted by Crippen LogP contribution is -2.38. The molecular formula is C28H40BrN5O3. The Hall–Kier alpha value is -3.17. The number of phenols is 1. The molecule has 2 aromatic rings. The third-order valence-electron chi connectivity index (χ3n) is 5.76. The largest absolute Gasteiger partial charge is 0.508 e. The number of hydrogen-bond acceptors (Lipinski definition) is 7. The number of benzene rings is 1. The maximum atomic E-state index is 10.3. The number of aromatic hydroxyl groups is 1. The number of para-hydroxylation sites is 1. The molecule has 8 nitrogen and oxygen atoms in total. The second-order valence-corrected chi connectivity index (χ2v) is 9.76. The summed E-state index contributed by atoms with van der Waals surface area (Å²) in [6, 6.07) is 7.32. The summed E-state index contributed by atoms with van der Waals surface area (Å²) < 4.78 is 2.79. The summed E-state index contributed by atoms with van der Waals surface area (Å²) in [7, 11) is 2.19. The van der Waals surface area contributed by atoms with E-state index in [2.05, 4.69) is 69.6 Å². The van der Waals surface area contributed by atoms with Crippen LogP contribution in [0.15, 0.2) is 64.8 Å². The number of anilines is 1. The monoisotopic (exact) mass is 573 g/mol. The zero-order valence-electron chi connectivity index (χ0n) is 22.3. The molecule has 0 bridgehead atoms. The van der Waals surface area contributed by atoms with Crippen molar-refractivity contribution in [1.29, 1.82) is 0 Å². The van der Waals surface area contributed by atoms with Crippen LogP contribution in [-0.2, 0) is 9.59 Å². The van der Waals surface area contributed by atoms with Gasteiger partial charge in [0.15, 0.2) is 0 Å². The maximum Gasteiger partial charge on any atom is 0.146 e. The zero-order chi connectivity index (χ0) is 27.8. The van der Waals surface area contributed by atoms with Crippen molar-refractivity contribution in [3.63, 3.8) is 0 Å². The van der Waals surface area contributed by atoms with Gasteiger partial charge < -0.3 is 30.2 Å². The number of rotatable bonds is 5. The van der Waals surface area contributed by atoms with Crippen LogP contribution < -0.4 is 10.6 Å². The van der Waals surface area contributed by atoms with Crippen molar-refractivity contribution in [2.45, 2.75) is 39.7 Å².